The molecule has 0 saturated carbocycles. The van der Waals surface area contributed by atoms with Crippen LogP contribution in [0.4, 0.5) is 5.69 Å². The fourth-order valence-electron chi connectivity index (χ4n) is 1.91. The van der Waals surface area contributed by atoms with Crippen LogP contribution in [0.3, 0.4) is 0 Å². The second-order valence-corrected chi connectivity index (χ2v) is 6.58. The maximum Gasteiger partial charge on any atom is 0.309 e. The molecule has 0 spiro atoms. The zero-order valence-electron chi connectivity index (χ0n) is 12.8. The number of methoxy groups -OCH3 is 1. The molecule has 23 heavy (non-hydrogen) atoms. The van der Waals surface area contributed by atoms with Crippen molar-refractivity contribution >= 4 is 64.0 Å². The van der Waals surface area contributed by atoms with Crippen molar-refractivity contribution in [1.29, 1.82) is 0 Å². The lowest BCUT2D eigenvalue weighted by molar-refractivity contribution is -0.145. The first-order valence-electron chi connectivity index (χ1n) is 6.56. The van der Waals surface area contributed by atoms with Crippen LogP contribution in [0.15, 0.2) is 6.07 Å². The Balaban J connectivity index is 2.73. The number of likely N-dealkylation sites (N-methyl/N-ethyl adjacent to an activating group) is 1. The number of hydrogen-bond acceptors (Lipinski definition) is 4. The molecule has 1 aromatic carbocycles. The Labute approximate surface area is 154 Å². The number of nitrogens with zero attached hydrogens (tertiary/aromatic N) is 1. The summed E-state index contributed by atoms with van der Waals surface area (Å²) in [5, 5.41) is 3.17. The first kappa shape index (κ1) is 20.3. The van der Waals surface area contributed by atoms with Gasteiger partial charge in [-0.05, 0) is 13.1 Å². The fourth-order valence-corrected chi connectivity index (χ4v) is 2.82. The number of halogens is 4. The molecule has 0 heterocycles. The van der Waals surface area contributed by atoms with Gasteiger partial charge in [-0.15, -0.1) is 0 Å². The van der Waals surface area contributed by atoms with Crippen LogP contribution in [0.25, 0.3) is 0 Å². The SMILES string of the molecule is COC(=O)C(C)CN(C)CC(=O)Nc1c(Cl)c(Cl)cc(Cl)c1Cl. The zero-order valence-corrected chi connectivity index (χ0v) is 15.8. The molecule has 0 aromatic heterocycles. The number of anilines is 1. The average Bonchev–Trinajstić information content (AvgIpc) is 2.48. The number of benzene rings is 1. The molecule has 9 heteroatoms. The van der Waals surface area contributed by atoms with E-state index in [4.69, 9.17) is 46.4 Å². The van der Waals surface area contributed by atoms with E-state index in [1.807, 2.05) is 0 Å². The Kier molecular flexibility index (Phi) is 7.90. The van der Waals surface area contributed by atoms with Crippen LogP contribution >= 0.6 is 46.4 Å². The van der Waals surface area contributed by atoms with Crippen LogP contribution in [0.5, 0.6) is 0 Å². The molecule has 0 aliphatic carbocycles. The Morgan fingerprint density at radius 2 is 1.74 bits per heavy atom. The van der Waals surface area contributed by atoms with Gasteiger partial charge in [0.15, 0.2) is 0 Å². The van der Waals surface area contributed by atoms with Gasteiger partial charge in [-0.3, -0.25) is 14.5 Å². The monoisotopic (exact) mass is 400 g/mol. The molecule has 0 bridgehead atoms. The van der Waals surface area contributed by atoms with Crippen molar-refractivity contribution in [1.82, 2.24) is 4.90 Å². The molecule has 0 radical (unpaired) electrons. The lowest BCUT2D eigenvalue weighted by Crippen LogP contribution is -2.35. The second-order valence-electron chi connectivity index (χ2n) is 5.01. The molecular weight excluding hydrogens is 386 g/mol. The quantitative estimate of drug-likeness (QED) is 0.578. The highest BCUT2D eigenvalue weighted by molar-refractivity contribution is 6.50. The van der Waals surface area contributed by atoms with Crippen LogP contribution in [0.1, 0.15) is 6.92 Å². The number of carbonyl (C=O) groups is 2. The third-order valence-electron chi connectivity index (χ3n) is 2.98. The highest BCUT2D eigenvalue weighted by Crippen LogP contribution is 2.40. The van der Waals surface area contributed by atoms with Crippen molar-refractivity contribution in [2.24, 2.45) is 5.92 Å². The van der Waals surface area contributed by atoms with E-state index in [1.54, 1.807) is 18.9 Å². The van der Waals surface area contributed by atoms with E-state index in [0.29, 0.717) is 6.54 Å². The summed E-state index contributed by atoms with van der Waals surface area (Å²) in [5.74, 6) is -1.07. The summed E-state index contributed by atoms with van der Waals surface area (Å²) in [7, 11) is 3.02. The van der Waals surface area contributed by atoms with Crippen molar-refractivity contribution < 1.29 is 14.3 Å². The summed E-state index contributed by atoms with van der Waals surface area (Å²) in [6.07, 6.45) is 0. The highest BCUT2D eigenvalue weighted by Gasteiger charge is 2.19. The summed E-state index contributed by atoms with van der Waals surface area (Å²) in [6.45, 7) is 2.10. The highest BCUT2D eigenvalue weighted by atomic mass is 35.5. The molecular formula is C14H16Cl4N2O3. The summed E-state index contributed by atoms with van der Waals surface area (Å²) >= 11 is 23.9. The third kappa shape index (κ3) is 5.69. The van der Waals surface area contributed by atoms with Gasteiger partial charge in [0.25, 0.3) is 0 Å². The average molecular weight is 402 g/mol. The number of amides is 1. The van der Waals surface area contributed by atoms with Crippen molar-refractivity contribution in [3.05, 3.63) is 26.2 Å². The molecule has 1 rings (SSSR count). The van der Waals surface area contributed by atoms with E-state index in [2.05, 4.69) is 10.1 Å². The number of carbonyl (C=O) groups excluding carboxylic acids is 2. The Morgan fingerprint density at radius 3 is 2.22 bits per heavy atom. The minimum atomic E-state index is -0.369. The van der Waals surface area contributed by atoms with Gasteiger partial charge in [0.05, 0.1) is 45.4 Å². The second kappa shape index (κ2) is 8.94. The number of rotatable bonds is 6. The van der Waals surface area contributed by atoms with Crippen LogP contribution in [0.2, 0.25) is 20.1 Å². The first-order chi connectivity index (χ1) is 10.7. The summed E-state index contributed by atoms with van der Waals surface area (Å²) in [4.78, 5) is 25.1. The molecule has 0 saturated heterocycles. The number of ether oxygens (including phenoxy) is 1. The van der Waals surface area contributed by atoms with Gasteiger partial charge in [0.2, 0.25) is 5.91 Å². The molecule has 1 amide bonds. The third-order valence-corrected chi connectivity index (χ3v) is 4.55. The molecule has 5 nitrogen and oxygen atoms in total. The first-order valence-corrected chi connectivity index (χ1v) is 8.07. The minimum Gasteiger partial charge on any atom is -0.469 e. The van der Waals surface area contributed by atoms with E-state index < -0.39 is 0 Å². The van der Waals surface area contributed by atoms with Gasteiger partial charge in [-0.25, -0.2) is 0 Å². The van der Waals surface area contributed by atoms with Gasteiger partial charge in [-0.2, -0.15) is 0 Å². The van der Waals surface area contributed by atoms with Crippen LogP contribution in [0, 0.1) is 5.92 Å². The summed E-state index contributed by atoms with van der Waals surface area (Å²) < 4.78 is 4.64. The van der Waals surface area contributed by atoms with E-state index in [9.17, 15) is 9.59 Å². The molecule has 0 fully saturated rings. The van der Waals surface area contributed by atoms with Crippen molar-refractivity contribution in [2.75, 3.05) is 32.6 Å². The number of esters is 1. The molecule has 1 aromatic rings. The smallest absolute Gasteiger partial charge is 0.309 e. The maximum atomic E-state index is 12.1. The van der Waals surface area contributed by atoms with Crippen LogP contribution < -0.4 is 5.32 Å². The topological polar surface area (TPSA) is 58.6 Å². The predicted octanol–water partition coefficient (Wildman–Crippen LogP) is 3.98. The largest absolute Gasteiger partial charge is 0.469 e. The fraction of sp³-hybridized carbons (Fsp3) is 0.429. The molecule has 1 unspecified atom stereocenters. The zero-order chi connectivity index (χ0) is 17.7. The Morgan fingerprint density at radius 1 is 1.22 bits per heavy atom. The van der Waals surface area contributed by atoms with Gasteiger partial charge < -0.3 is 10.1 Å². The summed E-state index contributed by atoms with van der Waals surface area (Å²) in [5.41, 5.74) is 0.158. The van der Waals surface area contributed by atoms with Gasteiger partial charge in [-0.1, -0.05) is 53.3 Å². The molecule has 1 N–H and O–H groups in total. The Hall–Kier alpha value is -0.720. The predicted molar refractivity (Wildman–Crippen MR) is 93.8 cm³/mol. The minimum absolute atomic E-state index is 0.0259. The maximum absolute atomic E-state index is 12.1. The van der Waals surface area contributed by atoms with Gasteiger partial charge >= 0.3 is 5.97 Å². The summed E-state index contributed by atoms with van der Waals surface area (Å²) in [6, 6.07) is 1.40. The van der Waals surface area contributed by atoms with Crippen LogP contribution in [-0.2, 0) is 14.3 Å². The van der Waals surface area contributed by atoms with Crippen molar-refractivity contribution in [3.8, 4) is 0 Å². The lowest BCUT2D eigenvalue weighted by atomic mass is 10.2. The standard InChI is InChI=1S/C14H16Cl4N2O3/c1-7(14(22)23-3)5-20(2)6-10(21)19-13-11(17)8(15)4-9(16)12(13)18/h4,7H,5-6H2,1-3H3,(H,19,21). The molecule has 0 aliphatic rings. The molecule has 0 aliphatic heterocycles. The number of hydrogen-bond donors (Lipinski definition) is 1. The van der Waals surface area contributed by atoms with Gasteiger partial charge in [0.1, 0.15) is 0 Å². The van der Waals surface area contributed by atoms with E-state index in [0.717, 1.165) is 0 Å². The number of nitrogens with one attached hydrogen (secondary N) is 1. The van der Waals surface area contributed by atoms with Crippen molar-refractivity contribution in [3.63, 3.8) is 0 Å². The van der Waals surface area contributed by atoms with Crippen LogP contribution in [-0.4, -0.2) is 44.0 Å². The molecule has 128 valence electrons. The lowest BCUT2D eigenvalue weighted by Gasteiger charge is -2.20. The normalized spacial score (nSPS) is 12.2. The van der Waals surface area contributed by atoms with Crippen molar-refractivity contribution in [2.45, 2.75) is 6.92 Å². The van der Waals surface area contributed by atoms with E-state index in [-0.39, 0.29) is 50.1 Å². The van der Waals surface area contributed by atoms with Gasteiger partial charge in [0, 0.05) is 6.54 Å². The van der Waals surface area contributed by atoms with E-state index in [1.165, 1.54) is 13.2 Å². The Bertz CT molecular complexity index is 584. The van der Waals surface area contributed by atoms with E-state index >= 15 is 0 Å². The molecule has 1 atom stereocenters.